The number of aliphatic hydroxyl groups is 1. The van der Waals surface area contributed by atoms with E-state index in [2.05, 4.69) is 50.1 Å². The second kappa shape index (κ2) is 8.13. The van der Waals surface area contributed by atoms with Crippen LogP contribution in [0.4, 0.5) is 5.69 Å². The summed E-state index contributed by atoms with van der Waals surface area (Å²) < 4.78 is 0. The van der Waals surface area contributed by atoms with Gasteiger partial charge in [0.2, 0.25) is 0 Å². The Balaban J connectivity index is 1.88. The van der Waals surface area contributed by atoms with E-state index in [0.29, 0.717) is 23.8 Å². The van der Waals surface area contributed by atoms with E-state index in [9.17, 15) is 9.90 Å². The van der Waals surface area contributed by atoms with Gasteiger partial charge in [0, 0.05) is 36.9 Å². The number of fused-ring (bicyclic) bond motifs is 1. The first-order valence-electron chi connectivity index (χ1n) is 9.98. The molecule has 3 rings (SSSR count). The molecule has 5 nitrogen and oxygen atoms in total. The summed E-state index contributed by atoms with van der Waals surface area (Å²) in [4.78, 5) is 18.1. The van der Waals surface area contributed by atoms with Crippen LogP contribution in [0.5, 0.6) is 0 Å². The Morgan fingerprint density at radius 1 is 1.14 bits per heavy atom. The van der Waals surface area contributed by atoms with Crippen molar-refractivity contribution in [2.75, 3.05) is 25.0 Å². The number of allylic oxidation sites excluding steroid dienone is 5. The average molecular weight is 412 g/mol. The van der Waals surface area contributed by atoms with Crippen molar-refractivity contribution >= 4 is 28.9 Å². The molecule has 0 aromatic heterocycles. The number of hydrogen-bond donors (Lipinski definition) is 1. The molecule has 1 N–H and O–H groups in total. The number of para-hydroxylation sites is 1. The maximum Gasteiger partial charge on any atom is 0.260 e. The quantitative estimate of drug-likeness (QED) is 0.606. The van der Waals surface area contributed by atoms with Gasteiger partial charge in [-0.15, -0.1) is 0 Å². The summed E-state index contributed by atoms with van der Waals surface area (Å²) in [5.41, 5.74) is 3.91. The maximum atomic E-state index is 12.7. The number of likely N-dealkylation sites (N-methyl/N-ethyl adjacent to an activating group) is 3. The fourth-order valence-corrected chi connectivity index (χ4v) is 4.57. The van der Waals surface area contributed by atoms with Gasteiger partial charge in [-0.1, -0.05) is 44.2 Å². The molecule has 1 fully saturated rings. The van der Waals surface area contributed by atoms with Crippen molar-refractivity contribution in [1.29, 1.82) is 0 Å². The summed E-state index contributed by atoms with van der Waals surface area (Å²) in [6.07, 6.45) is 6.47. The fraction of sp³-hybridized carbons (Fsp3) is 0.391. The second-order valence-corrected chi connectivity index (χ2v) is 8.12. The van der Waals surface area contributed by atoms with Crippen LogP contribution in [0.15, 0.2) is 59.8 Å². The van der Waals surface area contributed by atoms with Crippen molar-refractivity contribution in [3.8, 4) is 0 Å². The first-order chi connectivity index (χ1) is 13.8. The summed E-state index contributed by atoms with van der Waals surface area (Å²) in [6.45, 7) is 9.22. The highest BCUT2D eigenvalue weighted by Crippen LogP contribution is 2.46. The molecule has 0 bridgehead atoms. The Hall–Kier alpha value is -2.44. The van der Waals surface area contributed by atoms with Gasteiger partial charge in [0.25, 0.3) is 5.91 Å². The van der Waals surface area contributed by atoms with Crippen LogP contribution in [0.3, 0.4) is 0 Å². The highest BCUT2D eigenvalue weighted by atomic mass is 32.1. The zero-order valence-corrected chi connectivity index (χ0v) is 18.5. The largest absolute Gasteiger partial charge is 0.369 e. The van der Waals surface area contributed by atoms with Crippen molar-refractivity contribution in [2.45, 2.75) is 39.3 Å². The molecule has 0 spiro atoms. The first-order valence-corrected chi connectivity index (χ1v) is 10.4. The van der Waals surface area contributed by atoms with Gasteiger partial charge in [-0.25, -0.2) is 0 Å². The molecule has 1 aromatic rings. The third-order valence-corrected chi connectivity index (χ3v) is 6.24. The van der Waals surface area contributed by atoms with Crippen LogP contribution in [-0.2, 0) is 10.2 Å². The molecule has 1 aromatic carbocycles. The van der Waals surface area contributed by atoms with Crippen LogP contribution in [-0.4, -0.2) is 52.3 Å². The van der Waals surface area contributed by atoms with Crippen LogP contribution >= 0.6 is 12.2 Å². The van der Waals surface area contributed by atoms with Crippen molar-refractivity contribution in [3.63, 3.8) is 0 Å². The lowest BCUT2D eigenvalue weighted by atomic mass is 9.84. The highest BCUT2D eigenvalue weighted by Gasteiger charge is 2.38. The number of rotatable bonds is 4. The van der Waals surface area contributed by atoms with Crippen LogP contribution in [0, 0.1) is 0 Å². The molecule has 1 saturated heterocycles. The monoisotopic (exact) mass is 411 g/mol. The summed E-state index contributed by atoms with van der Waals surface area (Å²) in [6, 6.07) is 8.41. The van der Waals surface area contributed by atoms with E-state index in [-0.39, 0.29) is 11.3 Å². The van der Waals surface area contributed by atoms with E-state index in [0.717, 1.165) is 0 Å². The van der Waals surface area contributed by atoms with Gasteiger partial charge in [-0.3, -0.25) is 9.69 Å². The predicted molar refractivity (Wildman–Crippen MR) is 122 cm³/mol. The molecule has 1 amide bonds. The molecule has 2 heterocycles. The standard InChI is InChI=1S/C23H29N3O2S/c1-6-25-20(27)16(21(28)26(7-2)22(25)29)12-8-11-15-19-23(3,4)17-13-9-10-14-18(17)24(19)5/h8-15,20,27H,6-7H2,1-5H3. The molecular formula is C23H29N3O2S. The number of aliphatic hydroxyl groups excluding tert-OH is 1. The second-order valence-electron chi connectivity index (χ2n) is 7.75. The molecule has 2 aliphatic heterocycles. The van der Waals surface area contributed by atoms with Gasteiger partial charge < -0.3 is 14.9 Å². The molecule has 0 aliphatic carbocycles. The minimum atomic E-state index is -1.02. The summed E-state index contributed by atoms with van der Waals surface area (Å²) in [7, 11) is 2.07. The van der Waals surface area contributed by atoms with Crippen LogP contribution in [0.25, 0.3) is 0 Å². The number of benzene rings is 1. The molecule has 1 atom stereocenters. The van der Waals surface area contributed by atoms with Crippen molar-refractivity contribution < 1.29 is 9.90 Å². The Kier molecular flexibility index (Phi) is 5.96. The van der Waals surface area contributed by atoms with Crippen molar-refractivity contribution in [2.24, 2.45) is 0 Å². The first kappa shape index (κ1) is 21.3. The molecule has 0 radical (unpaired) electrons. The smallest absolute Gasteiger partial charge is 0.260 e. The number of carbonyl (C=O) groups is 1. The summed E-state index contributed by atoms with van der Waals surface area (Å²) in [5.74, 6) is -0.238. The summed E-state index contributed by atoms with van der Waals surface area (Å²) in [5, 5.41) is 11.0. The minimum Gasteiger partial charge on any atom is -0.369 e. The fourth-order valence-electron chi connectivity index (χ4n) is 4.13. The molecule has 1 unspecified atom stereocenters. The van der Waals surface area contributed by atoms with E-state index in [1.54, 1.807) is 11.0 Å². The lowest BCUT2D eigenvalue weighted by Crippen LogP contribution is -2.57. The zero-order chi connectivity index (χ0) is 21.3. The van der Waals surface area contributed by atoms with Gasteiger partial charge in [-0.05, 0) is 49.8 Å². The van der Waals surface area contributed by atoms with Crippen LogP contribution in [0.2, 0.25) is 0 Å². The van der Waals surface area contributed by atoms with E-state index in [1.165, 1.54) is 21.8 Å². The maximum absolute atomic E-state index is 12.7. The number of carbonyl (C=O) groups excluding carboxylic acids is 1. The number of hydrogen-bond acceptors (Lipinski definition) is 4. The third kappa shape index (κ3) is 3.51. The molecule has 2 aliphatic rings. The molecule has 0 saturated carbocycles. The van der Waals surface area contributed by atoms with E-state index < -0.39 is 6.23 Å². The third-order valence-electron chi connectivity index (χ3n) is 5.78. The minimum absolute atomic E-state index is 0.104. The molecule has 154 valence electrons. The van der Waals surface area contributed by atoms with Crippen molar-refractivity contribution in [1.82, 2.24) is 9.80 Å². The normalized spacial score (nSPS) is 24.3. The van der Waals surface area contributed by atoms with Gasteiger partial charge >= 0.3 is 0 Å². The Bertz CT molecular complexity index is 916. The number of nitrogens with zero attached hydrogens (tertiary/aromatic N) is 3. The van der Waals surface area contributed by atoms with Gasteiger partial charge in [0.05, 0.1) is 5.57 Å². The lowest BCUT2D eigenvalue weighted by molar-refractivity contribution is -0.128. The molecular weight excluding hydrogens is 382 g/mol. The predicted octanol–water partition coefficient (Wildman–Crippen LogP) is 3.57. The van der Waals surface area contributed by atoms with Gasteiger partial charge in [-0.2, -0.15) is 0 Å². The summed E-state index contributed by atoms with van der Waals surface area (Å²) >= 11 is 5.35. The van der Waals surface area contributed by atoms with E-state index in [4.69, 9.17) is 12.2 Å². The lowest BCUT2D eigenvalue weighted by Gasteiger charge is -2.40. The van der Waals surface area contributed by atoms with Gasteiger partial charge in [0.15, 0.2) is 11.3 Å². The topological polar surface area (TPSA) is 47.0 Å². The van der Waals surface area contributed by atoms with E-state index in [1.807, 2.05) is 32.1 Å². The van der Waals surface area contributed by atoms with Crippen LogP contribution in [0.1, 0.15) is 33.3 Å². The Morgan fingerprint density at radius 3 is 2.41 bits per heavy atom. The van der Waals surface area contributed by atoms with Crippen molar-refractivity contribution in [3.05, 3.63) is 65.4 Å². The van der Waals surface area contributed by atoms with E-state index >= 15 is 0 Å². The van der Waals surface area contributed by atoms with Gasteiger partial charge in [0.1, 0.15) is 0 Å². The Labute approximate surface area is 178 Å². The molecule has 29 heavy (non-hydrogen) atoms. The number of amides is 1. The average Bonchev–Trinajstić information content (AvgIpc) is 2.88. The highest BCUT2D eigenvalue weighted by molar-refractivity contribution is 7.80. The zero-order valence-electron chi connectivity index (χ0n) is 17.7. The van der Waals surface area contributed by atoms with Crippen LogP contribution < -0.4 is 4.90 Å². The molecule has 6 heteroatoms. The Morgan fingerprint density at radius 2 is 1.79 bits per heavy atom. The SMILES string of the molecule is CCN1C(=O)C(=CC=CC=C2N(C)c3ccccc3C2(C)C)C(O)N(CC)C1=S. The number of anilines is 1. The number of thiocarbonyl (C=S) groups is 1.